The third-order valence-corrected chi connectivity index (χ3v) is 3.39. The van der Waals surface area contributed by atoms with Crippen LogP contribution in [0.2, 0.25) is 0 Å². The molecular weight excluding hydrogens is 266 g/mol. The van der Waals surface area contributed by atoms with Crippen LogP contribution in [0.3, 0.4) is 0 Å². The second-order valence-corrected chi connectivity index (χ2v) is 4.81. The molecule has 0 aromatic heterocycles. The largest absolute Gasteiger partial charge is 0.497 e. The molecule has 21 heavy (non-hydrogen) atoms. The van der Waals surface area contributed by atoms with Gasteiger partial charge in [0.25, 0.3) is 0 Å². The van der Waals surface area contributed by atoms with Crippen molar-refractivity contribution in [3.8, 4) is 11.8 Å². The van der Waals surface area contributed by atoms with E-state index in [1.54, 1.807) is 19.2 Å². The summed E-state index contributed by atoms with van der Waals surface area (Å²) in [6, 6.07) is 9.21. The van der Waals surface area contributed by atoms with E-state index >= 15 is 0 Å². The van der Waals surface area contributed by atoms with Crippen molar-refractivity contribution in [1.82, 2.24) is 4.90 Å². The third kappa shape index (κ3) is 3.96. The molecule has 0 spiro atoms. The van der Waals surface area contributed by atoms with Crippen LogP contribution in [0, 0.1) is 16.7 Å². The Morgan fingerprint density at radius 3 is 2.52 bits per heavy atom. The molecule has 0 unspecified atom stereocenters. The lowest BCUT2D eigenvalue weighted by Gasteiger charge is -2.27. The number of methoxy groups -OCH3 is 1. The zero-order valence-corrected chi connectivity index (χ0v) is 12.1. The highest BCUT2D eigenvalue weighted by Gasteiger charge is 2.18. The van der Waals surface area contributed by atoms with Crippen molar-refractivity contribution in [2.24, 2.45) is 5.10 Å². The summed E-state index contributed by atoms with van der Waals surface area (Å²) in [4.78, 5) is 1.90. The molecule has 1 aromatic rings. The van der Waals surface area contributed by atoms with E-state index in [1.807, 2.05) is 23.1 Å². The molecule has 2 N–H and O–H groups in total. The topological polar surface area (TPSA) is 84.5 Å². The minimum Gasteiger partial charge on any atom is -0.497 e. The molecule has 0 saturated carbocycles. The summed E-state index contributed by atoms with van der Waals surface area (Å²) in [6.07, 6.45) is 3.31. The average Bonchev–Trinajstić information content (AvgIpc) is 2.56. The fourth-order valence-corrected chi connectivity index (χ4v) is 2.18. The van der Waals surface area contributed by atoms with Crippen LogP contribution in [0.15, 0.2) is 29.4 Å². The van der Waals surface area contributed by atoms with Gasteiger partial charge in [0.1, 0.15) is 11.8 Å². The lowest BCUT2D eigenvalue weighted by molar-refractivity contribution is 0.344. The predicted molar refractivity (Wildman–Crippen MR) is 82.8 cm³/mol. The molecule has 1 saturated heterocycles. The molecule has 0 bridgehead atoms. The monoisotopic (exact) mass is 285 g/mol. The molecule has 110 valence electrons. The number of hydrogen-bond acceptors (Lipinski definition) is 5. The van der Waals surface area contributed by atoms with Crippen LogP contribution in [0.25, 0.3) is 0 Å². The normalized spacial score (nSPS) is 15.2. The van der Waals surface area contributed by atoms with Gasteiger partial charge >= 0.3 is 0 Å². The van der Waals surface area contributed by atoms with E-state index in [0.717, 1.165) is 37.4 Å². The highest BCUT2D eigenvalue weighted by molar-refractivity contribution is 6.46. The highest BCUT2D eigenvalue weighted by atomic mass is 16.5. The van der Waals surface area contributed by atoms with E-state index in [0.29, 0.717) is 0 Å². The first-order valence-electron chi connectivity index (χ1n) is 6.96. The fraction of sp³-hybridized carbons (Fsp3) is 0.400. The number of rotatable bonds is 4. The number of ether oxygens (including phenoxy) is 1. The van der Waals surface area contributed by atoms with Crippen molar-refractivity contribution in [3.05, 3.63) is 24.3 Å². The number of anilines is 1. The van der Waals surface area contributed by atoms with Gasteiger partial charge < -0.3 is 9.64 Å². The Balaban J connectivity index is 2.02. The van der Waals surface area contributed by atoms with E-state index in [4.69, 9.17) is 10.1 Å². The molecule has 6 heteroatoms. The number of benzene rings is 1. The zero-order valence-electron chi connectivity index (χ0n) is 12.1. The van der Waals surface area contributed by atoms with Crippen molar-refractivity contribution in [1.29, 1.82) is 10.7 Å². The van der Waals surface area contributed by atoms with Crippen LogP contribution in [-0.4, -0.2) is 36.6 Å². The van der Waals surface area contributed by atoms with Crippen LogP contribution in [0.4, 0.5) is 5.69 Å². The smallest absolute Gasteiger partial charge is 0.202 e. The van der Waals surface area contributed by atoms with Gasteiger partial charge in [0.2, 0.25) is 5.71 Å². The van der Waals surface area contributed by atoms with Crippen LogP contribution >= 0.6 is 0 Å². The first-order chi connectivity index (χ1) is 10.2. The maximum absolute atomic E-state index is 9.18. The quantitative estimate of drug-likeness (QED) is 0.505. The van der Waals surface area contributed by atoms with E-state index < -0.39 is 0 Å². The molecule has 1 fully saturated rings. The van der Waals surface area contributed by atoms with Gasteiger partial charge in [-0.15, -0.1) is 0 Å². The predicted octanol–water partition coefficient (Wildman–Crippen LogP) is 2.45. The van der Waals surface area contributed by atoms with Crippen molar-refractivity contribution in [3.63, 3.8) is 0 Å². The molecule has 0 radical (unpaired) electrons. The Morgan fingerprint density at radius 1 is 1.29 bits per heavy atom. The molecule has 1 heterocycles. The molecule has 1 aromatic carbocycles. The van der Waals surface area contributed by atoms with Crippen molar-refractivity contribution < 1.29 is 4.74 Å². The minimum absolute atomic E-state index is 0.104. The number of amidine groups is 1. The van der Waals surface area contributed by atoms with Crippen molar-refractivity contribution in [2.75, 3.05) is 25.6 Å². The molecule has 0 aliphatic carbocycles. The third-order valence-electron chi connectivity index (χ3n) is 3.39. The van der Waals surface area contributed by atoms with E-state index in [9.17, 15) is 5.26 Å². The molecule has 0 amide bonds. The molecule has 6 nitrogen and oxygen atoms in total. The zero-order chi connectivity index (χ0) is 15.1. The molecule has 0 atom stereocenters. The maximum atomic E-state index is 9.18. The first kappa shape index (κ1) is 14.9. The van der Waals surface area contributed by atoms with E-state index in [2.05, 4.69) is 10.5 Å². The summed E-state index contributed by atoms with van der Waals surface area (Å²) < 4.78 is 5.08. The first-order valence-corrected chi connectivity index (χ1v) is 6.96. The molecular formula is C15H19N5O. The fourth-order valence-electron chi connectivity index (χ4n) is 2.18. The maximum Gasteiger partial charge on any atom is 0.202 e. The van der Waals surface area contributed by atoms with Crippen LogP contribution in [0.1, 0.15) is 19.3 Å². The summed E-state index contributed by atoms with van der Waals surface area (Å²) in [5.41, 5.74) is 3.66. The van der Waals surface area contributed by atoms with Gasteiger partial charge in [-0.25, -0.2) is 0 Å². The number of nitriles is 1. The summed E-state index contributed by atoms with van der Waals surface area (Å²) in [7, 11) is 1.61. The number of nitrogens with one attached hydrogen (secondary N) is 2. The van der Waals surface area contributed by atoms with Gasteiger partial charge in [0, 0.05) is 13.1 Å². The Bertz CT molecular complexity index is 552. The van der Waals surface area contributed by atoms with Gasteiger partial charge in [-0.3, -0.25) is 10.8 Å². The Labute approximate surface area is 124 Å². The standard InChI is InChI=1S/C15H19N5O/c1-21-13-7-5-12(6-8-13)18-19-14(11-16)15(17)20-9-3-2-4-10-20/h5-8,17-18H,2-4,9-10H2,1H3. The van der Waals surface area contributed by atoms with Gasteiger partial charge in [0.05, 0.1) is 12.8 Å². The minimum atomic E-state index is 0.104. The number of likely N-dealkylation sites (tertiary alicyclic amines) is 1. The number of hydrazone groups is 1. The lowest BCUT2D eigenvalue weighted by atomic mass is 10.1. The second-order valence-electron chi connectivity index (χ2n) is 4.81. The van der Waals surface area contributed by atoms with Crippen molar-refractivity contribution >= 4 is 17.2 Å². The van der Waals surface area contributed by atoms with Gasteiger partial charge in [-0.2, -0.15) is 10.4 Å². The number of piperidine rings is 1. The van der Waals surface area contributed by atoms with Crippen molar-refractivity contribution in [2.45, 2.75) is 19.3 Å². The Hall–Kier alpha value is -2.55. The SMILES string of the molecule is COc1ccc(NN=C(C#N)C(=N)N2CCCCC2)cc1. The molecule has 1 aliphatic rings. The van der Waals surface area contributed by atoms with Crippen LogP contribution in [-0.2, 0) is 0 Å². The molecule has 2 rings (SSSR count). The average molecular weight is 285 g/mol. The number of nitrogens with zero attached hydrogens (tertiary/aromatic N) is 3. The summed E-state index contributed by atoms with van der Waals surface area (Å²) >= 11 is 0. The Kier molecular flexibility index (Phi) is 5.16. The second kappa shape index (κ2) is 7.29. The summed E-state index contributed by atoms with van der Waals surface area (Å²) in [5, 5.41) is 21.3. The number of hydrogen-bond donors (Lipinski definition) is 2. The Morgan fingerprint density at radius 2 is 1.95 bits per heavy atom. The lowest BCUT2D eigenvalue weighted by Crippen LogP contribution is -2.39. The van der Waals surface area contributed by atoms with Crippen LogP contribution < -0.4 is 10.2 Å². The van der Waals surface area contributed by atoms with Gasteiger partial charge in [-0.05, 0) is 43.5 Å². The highest BCUT2D eigenvalue weighted by Crippen LogP contribution is 2.15. The van der Waals surface area contributed by atoms with E-state index in [1.165, 1.54) is 6.42 Å². The van der Waals surface area contributed by atoms with E-state index in [-0.39, 0.29) is 11.5 Å². The summed E-state index contributed by atoms with van der Waals surface area (Å²) in [5.74, 6) is 0.948. The van der Waals surface area contributed by atoms with Gasteiger partial charge in [-0.1, -0.05) is 0 Å². The van der Waals surface area contributed by atoms with Crippen LogP contribution in [0.5, 0.6) is 5.75 Å². The summed E-state index contributed by atoms with van der Waals surface area (Å²) in [6.45, 7) is 1.64. The van der Waals surface area contributed by atoms with Gasteiger partial charge in [0.15, 0.2) is 5.84 Å². The molecule has 1 aliphatic heterocycles.